The van der Waals surface area contributed by atoms with Gasteiger partial charge in [-0.15, -0.1) is 11.3 Å². The Hall–Kier alpha value is -5.26. The number of rotatable bonds is 4. The monoisotopic (exact) mass is 544 g/mol. The van der Waals surface area contributed by atoms with E-state index < -0.39 is 0 Å². The van der Waals surface area contributed by atoms with E-state index in [-0.39, 0.29) is 5.84 Å². The second-order valence-corrected chi connectivity index (χ2v) is 10.8. The first-order valence-corrected chi connectivity index (χ1v) is 14.2. The highest BCUT2D eigenvalue weighted by molar-refractivity contribution is 7.21. The molecule has 194 valence electrons. The quantitative estimate of drug-likeness (QED) is 0.174. The number of nitrogens with one attached hydrogen (secondary N) is 1. The van der Waals surface area contributed by atoms with Crippen LogP contribution in [0.3, 0.4) is 0 Å². The smallest absolute Gasteiger partial charge is 0.161 e. The van der Waals surface area contributed by atoms with Gasteiger partial charge >= 0.3 is 0 Å². The van der Waals surface area contributed by atoms with E-state index in [1.165, 1.54) is 10.8 Å². The lowest BCUT2D eigenvalue weighted by Gasteiger charge is -2.05. The normalized spacial score (nSPS) is 12.0. The van der Waals surface area contributed by atoms with Crippen LogP contribution in [-0.2, 0) is 0 Å². The Labute approximate surface area is 241 Å². The summed E-state index contributed by atoms with van der Waals surface area (Å²) in [5.74, 6) is 0.653. The number of hydrogen-bond donors (Lipinski definition) is 1. The average Bonchev–Trinajstić information content (AvgIpc) is 3.48. The predicted octanol–water partition coefficient (Wildman–Crippen LogP) is 9.16. The molecular formula is C36H24N4S. The number of nitrogens with zero attached hydrogens (tertiary/aromatic N) is 3. The van der Waals surface area contributed by atoms with Crippen molar-refractivity contribution in [2.24, 2.45) is 9.98 Å². The van der Waals surface area contributed by atoms with Crippen LogP contribution in [-0.4, -0.2) is 22.9 Å². The predicted molar refractivity (Wildman–Crippen MR) is 174 cm³/mol. The summed E-state index contributed by atoms with van der Waals surface area (Å²) in [6.07, 6.45) is 1.78. The van der Waals surface area contributed by atoms with Crippen molar-refractivity contribution in [1.82, 2.24) is 4.98 Å². The molecule has 0 unspecified atom stereocenters. The SMILES string of the molecule is N=C(N=C(N=Cc1ccccc1)c1ccccc1)c1ccc2c(ccc3sc(-c4ccc5ccccc5c4)nc32)c1. The standard InChI is InChI=1S/C36H24N4S/c37-34(40-35(26-12-5-2-6-13-26)38-23-24-9-3-1-4-10-24)29-17-19-31-28(22-29)18-20-32-33(31)39-36(41-32)30-16-15-25-11-7-8-14-27(25)21-30/h1-23,37H. The molecule has 5 heteroatoms. The molecule has 0 saturated heterocycles. The van der Waals surface area contributed by atoms with Crippen molar-refractivity contribution in [1.29, 1.82) is 5.41 Å². The summed E-state index contributed by atoms with van der Waals surface area (Å²) >= 11 is 1.70. The Morgan fingerprint density at radius 3 is 2.22 bits per heavy atom. The van der Waals surface area contributed by atoms with Crippen molar-refractivity contribution >= 4 is 61.0 Å². The van der Waals surface area contributed by atoms with Crippen LogP contribution in [0.4, 0.5) is 0 Å². The molecule has 1 aromatic heterocycles. The van der Waals surface area contributed by atoms with Gasteiger partial charge in [-0.3, -0.25) is 5.41 Å². The molecule has 1 N–H and O–H groups in total. The summed E-state index contributed by atoms with van der Waals surface area (Å²) < 4.78 is 1.14. The molecule has 0 atom stereocenters. The summed E-state index contributed by atoms with van der Waals surface area (Å²) in [5, 5.41) is 14.4. The fourth-order valence-corrected chi connectivity index (χ4v) is 5.89. The number of amidine groups is 2. The van der Waals surface area contributed by atoms with E-state index >= 15 is 0 Å². The van der Waals surface area contributed by atoms with Crippen LogP contribution in [0.15, 0.2) is 143 Å². The fraction of sp³-hybridized carbons (Fsp3) is 0. The second kappa shape index (κ2) is 10.7. The zero-order valence-corrected chi connectivity index (χ0v) is 22.8. The third-order valence-electron chi connectivity index (χ3n) is 7.03. The average molecular weight is 545 g/mol. The van der Waals surface area contributed by atoms with Gasteiger partial charge in [0.2, 0.25) is 0 Å². The van der Waals surface area contributed by atoms with Gasteiger partial charge in [-0.25, -0.2) is 15.0 Å². The molecule has 0 saturated carbocycles. The van der Waals surface area contributed by atoms with Crippen LogP contribution in [0.2, 0.25) is 0 Å². The second-order valence-electron chi connectivity index (χ2n) is 9.75. The number of aromatic nitrogens is 1. The van der Waals surface area contributed by atoms with Gasteiger partial charge < -0.3 is 0 Å². The third kappa shape index (κ3) is 5.07. The van der Waals surface area contributed by atoms with E-state index in [9.17, 15) is 0 Å². The van der Waals surface area contributed by atoms with E-state index in [1.54, 1.807) is 17.6 Å². The highest BCUT2D eigenvalue weighted by atomic mass is 32.1. The lowest BCUT2D eigenvalue weighted by Crippen LogP contribution is -2.04. The van der Waals surface area contributed by atoms with Crippen molar-refractivity contribution in [3.63, 3.8) is 0 Å². The summed E-state index contributed by atoms with van der Waals surface area (Å²) in [6.45, 7) is 0. The molecule has 7 rings (SSSR count). The van der Waals surface area contributed by atoms with Gasteiger partial charge in [0.15, 0.2) is 11.7 Å². The minimum Gasteiger partial charge on any atom is -0.282 e. The zero-order chi connectivity index (χ0) is 27.6. The van der Waals surface area contributed by atoms with Gasteiger partial charge in [-0.05, 0) is 39.9 Å². The summed E-state index contributed by atoms with van der Waals surface area (Å²) in [7, 11) is 0. The molecule has 0 bridgehead atoms. The Kier molecular flexibility index (Phi) is 6.47. The first-order valence-electron chi connectivity index (χ1n) is 13.4. The highest BCUT2D eigenvalue weighted by Crippen LogP contribution is 2.35. The maximum Gasteiger partial charge on any atom is 0.161 e. The van der Waals surface area contributed by atoms with Gasteiger partial charge in [-0.2, -0.15) is 0 Å². The van der Waals surface area contributed by atoms with Crippen molar-refractivity contribution < 1.29 is 0 Å². The Bertz CT molecular complexity index is 2110. The molecular weight excluding hydrogens is 520 g/mol. The molecule has 0 aliphatic heterocycles. The molecule has 1 heterocycles. The maximum atomic E-state index is 8.84. The number of hydrogen-bond acceptors (Lipinski definition) is 3. The highest BCUT2D eigenvalue weighted by Gasteiger charge is 2.12. The largest absolute Gasteiger partial charge is 0.282 e. The molecule has 6 aromatic carbocycles. The number of benzene rings is 6. The molecule has 0 spiro atoms. The van der Waals surface area contributed by atoms with Crippen LogP contribution in [0.1, 0.15) is 16.7 Å². The van der Waals surface area contributed by atoms with Crippen LogP contribution < -0.4 is 0 Å². The van der Waals surface area contributed by atoms with Crippen molar-refractivity contribution in [2.75, 3.05) is 0 Å². The van der Waals surface area contributed by atoms with E-state index in [2.05, 4.69) is 70.6 Å². The van der Waals surface area contributed by atoms with Gasteiger partial charge in [0.25, 0.3) is 0 Å². The van der Waals surface area contributed by atoms with Crippen molar-refractivity contribution in [3.05, 3.63) is 150 Å². The molecule has 0 aliphatic rings. The number of aliphatic imine (C=N–C) groups is 2. The molecule has 41 heavy (non-hydrogen) atoms. The lowest BCUT2D eigenvalue weighted by molar-refractivity contribution is 1.40. The molecule has 0 radical (unpaired) electrons. The topological polar surface area (TPSA) is 61.5 Å². The minimum atomic E-state index is 0.159. The Morgan fingerprint density at radius 2 is 1.39 bits per heavy atom. The van der Waals surface area contributed by atoms with E-state index in [4.69, 9.17) is 10.4 Å². The number of fused-ring (bicyclic) bond motifs is 4. The summed E-state index contributed by atoms with van der Waals surface area (Å²) in [6, 6.07) is 44.8. The lowest BCUT2D eigenvalue weighted by atomic mass is 10.1. The first kappa shape index (κ1) is 24.8. The van der Waals surface area contributed by atoms with E-state index in [0.29, 0.717) is 5.84 Å². The van der Waals surface area contributed by atoms with Gasteiger partial charge in [0.05, 0.1) is 10.2 Å². The van der Waals surface area contributed by atoms with Crippen LogP contribution in [0.5, 0.6) is 0 Å². The minimum absolute atomic E-state index is 0.159. The summed E-state index contributed by atoms with van der Waals surface area (Å²) in [4.78, 5) is 14.4. The Morgan fingerprint density at radius 1 is 0.659 bits per heavy atom. The Balaban J connectivity index is 1.24. The van der Waals surface area contributed by atoms with Gasteiger partial charge in [0, 0.05) is 28.3 Å². The first-order chi connectivity index (χ1) is 20.2. The number of thiazole rings is 1. The molecule has 7 aromatic rings. The van der Waals surface area contributed by atoms with Crippen molar-refractivity contribution in [3.8, 4) is 10.6 Å². The van der Waals surface area contributed by atoms with Crippen LogP contribution in [0, 0.1) is 5.41 Å². The zero-order valence-electron chi connectivity index (χ0n) is 22.0. The van der Waals surface area contributed by atoms with Crippen LogP contribution >= 0.6 is 11.3 Å². The van der Waals surface area contributed by atoms with Gasteiger partial charge in [0.1, 0.15) is 5.01 Å². The molecule has 0 amide bonds. The third-order valence-corrected chi connectivity index (χ3v) is 8.10. The molecule has 4 nitrogen and oxygen atoms in total. The van der Waals surface area contributed by atoms with E-state index in [1.807, 2.05) is 72.8 Å². The summed E-state index contributed by atoms with van der Waals surface area (Å²) in [5.41, 5.74) is 4.66. The van der Waals surface area contributed by atoms with Crippen molar-refractivity contribution in [2.45, 2.75) is 0 Å². The maximum absolute atomic E-state index is 8.84. The fourth-order valence-electron chi connectivity index (χ4n) is 4.91. The molecule has 0 aliphatic carbocycles. The molecule has 0 fully saturated rings. The van der Waals surface area contributed by atoms with Crippen LogP contribution in [0.25, 0.3) is 42.3 Å². The van der Waals surface area contributed by atoms with E-state index in [0.717, 1.165) is 48.3 Å². The van der Waals surface area contributed by atoms with Gasteiger partial charge in [-0.1, -0.05) is 115 Å².